The Kier molecular flexibility index (Phi) is 4.47. The number of aromatic nitrogens is 1. The van der Waals surface area contributed by atoms with Crippen molar-refractivity contribution < 1.29 is 4.39 Å². The van der Waals surface area contributed by atoms with Crippen molar-refractivity contribution in [2.75, 3.05) is 19.0 Å². The van der Waals surface area contributed by atoms with Gasteiger partial charge in [0.15, 0.2) is 0 Å². The first-order chi connectivity index (χ1) is 9.20. The Morgan fingerprint density at radius 3 is 2.58 bits per heavy atom. The number of hydrogen-bond donors (Lipinski definition) is 1. The highest BCUT2D eigenvalue weighted by Crippen LogP contribution is 2.18. The number of hydrogen-bond acceptors (Lipinski definition) is 3. The highest BCUT2D eigenvalue weighted by Gasteiger charge is 2.08. The molecule has 0 saturated heterocycles. The molecule has 1 aromatic heterocycles. The number of nitrogens with zero attached hydrogens (tertiary/aromatic N) is 2. The quantitative estimate of drug-likeness (QED) is 0.894. The Bertz CT molecular complexity index is 542. The molecule has 19 heavy (non-hydrogen) atoms. The zero-order valence-electron chi connectivity index (χ0n) is 11.2. The predicted octanol–water partition coefficient (Wildman–Crippen LogP) is 2.58. The molecular weight excluding hydrogens is 241 g/mol. The van der Waals surface area contributed by atoms with E-state index in [0.717, 1.165) is 17.9 Å². The third-order valence-electron chi connectivity index (χ3n) is 2.89. The second kappa shape index (κ2) is 6.29. The minimum absolute atomic E-state index is 0.212. The Hall–Kier alpha value is -1.94. The van der Waals surface area contributed by atoms with Gasteiger partial charge < -0.3 is 10.2 Å². The summed E-state index contributed by atoms with van der Waals surface area (Å²) in [6.45, 7) is 1.32. The van der Waals surface area contributed by atoms with Crippen molar-refractivity contribution in [1.82, 2.24) is 10.3 Å². The third kappa shape index (κ3) is 3.51. The maximum absolute atomic E-state index is 13.7. The van der Waals surface area contributed by atoms with Gasteiger partial charge in [0.05, 0.1) is 23.6 Å². The van der Waals surface area contributed by atoms with Crippen molar-refractivity contribution in [3.05, 3.63) is 59.7 Å². The van der Waals surface area contributed by atoms with Crippen LogP contribution in [0.1, 0.15) is 11.4 Å². The van der Waals surface area contributed by atoms with Crippen LogP contribution in [0.15, 0.2) is 42.5 Å². The average Bonchev–Trinajstić information content (AvgIpc) is 2.40. The smallest absolute Gasteiger partial charge is 0.146 e. The summed E-state index contributed by atoms with van der Waals surface area (Å²) in [5.41, 5.74) is 2.50. The van der Waals surface area contributed by atoms with Crippen molar-refractivity contribution >= 4 is 5.69 Å². The van der Waals surface area contributed by atoms with Gasteiger partial charge in [-0.3, -0.25) is 4.98 Å². The minimum atomic E-state index is -0.212. The minimum Gasteiger partial charge on any atom is -0.366 e. The van der Waals surface area contributed by atoms with Crippen molar-refractivity contribution in [1.29, 1.82) is 0 Å². The molecule has 0 unspecified atom stereocenters. The van der Waals surface area contributed by atoms with Gasteiger partial charge >= 0.3 is 0 Å². The van der Waals surface area contributed by atoms with Crippen LogP contribution in [-0.4, -0.2) is 19.1 Å². The molecule has 0 aliphatic carbocycles. The lowest BCUT2D eigenvalue weighted by atomic mass is 10.2. The van der Waals surface area contributed by atoms with E-state index in [2.05, 4.69) is 10.3 Å². The molecule has 100 valence electrons. The van der Waals surface area contributed by atoms with E-state index in [9.17, 15) is 4.39 Å². The fraction of sp³-hybridized carbons (Fsp3) is 0.267. The average molecular weight is 259 g/mol. The van der Waals surface area contributed by atoms with Crippen LogP contribution in [-0.2, 0) is 13.1 Å². The highest BCUT2D eigenvalue weighted by atomic mass is 19.1. The first-order valence-corrected chi connectivity index (χ1v) is 6.26. The molecular formula is C15H18FN3. The lowest BCUT2D eigenvalue weighted by Gasteiger charge is -2.19. The van der Waals surface area contributed by atoms with E-state index in [1.165, 1.54) is 6.07 Å². The summed E-state index contributed by atoms with van der Waals surface area (Å²) in [5.74, 6) is -0.212. The molecule has 4 heteroatoms. The van der Waals surface area contributed by atoms with Crippen molar-refractivity contribution in [2.24, 2.45) is 0 Å². The van der Waals surface area contributed by atoms with E-state index in [1.54, 1.807) is 12.1 Å². The van der Waals surface area contributed by atoms with Crippen molar-refractivity contribution in [3.8, 4) is 0 Å². The number of rotatable bonds is 5. The number of nitrogens with one attached hydrogen (secondary N) is 1. The summed E-state index contributed by atoms with van der Waals surface area (Å²) in [7, 11) is 3.75. The molecule has 0 saturated carbocycles. The third-order valence-corrected chi connectivity index (χ3v) is 2.89. The molecule has 2 rings (SSSR count). The van der Waals surface area contributed by atoms with E-state index in [1.807, 2.05) is 43.3 Å². The number of pyridine rings is 1. The molecule has 1 N–H and O–H groups in total. The second-order valence-electron chi connectivity index (χ2n) is 4.46. The molecule has 0 spiro atoms. The standard InChI is InChI=1S/C15H18FN3/c1-17-10-12-6-5-7-13(18-12)11-19(2)15-9-4-3-8-14(15)16/h3-9,17H,10-11H2,1-2H3. The van der Waals surface area contributed by atoms with Crippen LogP contribution in [0.25, 0.3) is 0 Å². The first-order valence-electron chi connectivity index (χ1n) is 6.26. The van der Waals surface area contributed by atoms with Gasteiger partial charge in [-0.2, -0.15) is 0 Å². The molecule has 3 nitrogen and oxygen atoms in total. The van der Waals surface area contributed by atoms with Gasteiger partial charge in [-0.1, -0.05) is 18.2 Å². The lowest BCUT2D eigenvalue weighted by Crippen LogP contribution is -2.19. The SMILES string of the molecule is CNCc1cccc(CN(C)c2ccccc2F)n1. The molecule has 0 atom stereocenters. The maximum Gasteiger partial charge on any atom is 0.146 e. The van der Waals surface area contributed by atoms with Crippen LogP contribution in [0.2, 0.25) is 0 Å². The maximum atomic E-state index is 13.7. The summed E-state index contributed by atoms with van der Waals surface area (Å²) in [4.78, 5) is 6.39. The number of anilines is 1. The Morgan fingerprint density at radius 1 is 1.11 bits per heavy atom. The van der Waals surface area contributed by atoms with Gasteiger partial charge in [-0.25, -0.2) is 4.39 Å². The molecule has 0 fully saturated rings. The molecule has 1 aromatic carbocycles. The summed E-state index contributed by atoms with van der Waals surface area (Å²) in [6, 6.07) is 12.7. The first kappa shape index (κ1) is 13.5. The Labute approximate surface area is 113 Å². The zero-order valence-corrected chi connectivity index (χ0v) is 11.2. The van der Waals surface area contributed by atoms with Crippen molar-refractivity contribution in [3.63, 3.8) is 0 Å². The van der Waals surface area contributed by atoms with Gasteiger partial charge in [0.2, 0.25) is 0 Å². The molecule has 2 aromatic rings. The highest BCUT2D eigenvalue weighted by molar-refractivity contribution is 5.46. The Morgan fingerprint density at radius 2 is 1.84 bits per heavy atom. The van der Waals surface area contributed by atoms with Crippen LogP contribution < -0.4 is 10.2 Å². The number of benzene rings is 1. The molecule has 0 radical (unpaired) electrons. The van der Waals surface area contributed by atoms with Crippen LogP contribution >= 0.6 is 0 Å². The second-order valence-corrected chi connectivity index (χ2v) is 4.46. The summed E-state index contributed by atoms with van der Waals surface area (Å²) in [5, 5.41) is 3.07. The summed E-state index contributed by atoms with van der Waals surface area (Å²) >= 11 is 0. The molecule has 0 bridgehead atoms. The number of para-hydroxylation sites is 1. The monoisotopic (exact) mass is 259 g/mol. The van der Waals surface area contributed by atoms with Gasteiger partial charge in [0.1, 0.15) is 5.82 Å². The van der Waals surface area contributed by atoms with Crippen LogP contribution in [0.3, 0.4) is 0 Å². The van der Waals surface area contributed by atoms with Gasteiger partial charge in [-0.05, 0) is 31.3 Å². The van der Waals surface area contributed by atoms with Crippen LogP contribution in [0.4, 0.5) is 10.1 Å². The predicted molar refractivity (Wildman–Crippen MR) is 75.5 cm³/mol. The summed E-state index contributed by atoms with van der Waals surface area (Å²) in [6.07, 6.45) is 0. The van der Waals surface area contributed by atoms with Gasteiger partial charge in [-0.15, -0.1) is 0 Å². The van der Waals surface area contributed by atoms with E-state index >= 15 is 0 Å². The molecule has 1 heterocycles. The normalized spacial score (nSPS) is 10.5. The van der Waals surface area contributed by atoms with Crippen LogP contribution in [0.5, 0.6) is 0 Å². The molecule has 0 aliphatic rings. The fourth-order valence-electron chi connectivity index (χ4n) is 1.99. The lowest BCUT2D eigenvalue weighted by molar-refractivity contribution is 0.621. The fourth-order valence-corrected chi connectivity index (χ4v) is 1.99. The summed E-state index contributed by atoms with van der Waals surface area (Å²) < 4.78 is 13.7. The van der Waals surface area contributed by atoms with E-state index < -0.39 is 0 Å². The van der Waals surface area contributed by atoms with Crippen LogP contribution in [0, 0.1) is 5.82 Å². The Balaban J connectivity index is 2.12. The zero-order chi connectivity index (χ0) is 13.7. The topological polar surface area (TPSA) is 28.2 Å². The number of halogens is 1. The largest absolute Gasteiger partial charge is 0.366 e. The van der Waals surface area contributed by atoms with Gasteiger partial charge in [0.25, 0.3) is 0 Å². The van der Waals surface area contributed by atoms with E-state index in [-0.39, 0.29) is 5.82 Å². The van der Waals surface area contributed by atoms with Crippen molar-refractivity contribution in [2.45, 2.75) is 13.1 Å². The molecule has 0 aliphatic heterocycles. The molecule has 0 amide bonds. The van der Waals surface area contributed by atoms with Gasteiger partial charge in [0, 0.05) is 13.6 Å². The van der Waals surface area contributed by atoms with E-state index in [4.69, 9.17) is 0 Å². The van der Waals surface area contributed by atoms with E-state index in [0.29, 0.717) is 12.2 Å².